The van der Waals surface area contributed by atoms with Crippen LogP contribution in [0.2, 0.25) is 0 Å². The van der Waals surface area contributed by atoms with Crippen LogP contribution in [0.5, 0.6) is 5.75 Å². The highest BCUT2D eigenvalue weighted by Crippen LogP contribution is 2.26. The minimum absolute atomic E-state index is 0.0851. The van der Waals surface area contributed by atoms with Crippen LogP contribution in [-0.2, 0) is 0 Å². The minimum Gasteiger partial charge on any atom is -0.494 e. The summed E-state index contributed by atoms with van der Waals surface area (Å²) >= 11 is 0. The van der Waals surface area contributed by atoms with Crippen molar-refractivity contribution in [2.75, 3.05) is 11.9 Å². The molecular formula is C17H14FN3O3. The van der Waals surface area contributed by atoms with Gasteiger partial charge >= 0.3 is 0 Å². The van der Waals surface area contributed by atoms with Gasteiger partial charge in [0.2, 0.25) is 5.82 Å². The summed E-state index contributed by atoms with van der Waals surface area (Å²) in [7, 11) is 0. The van der Waals surface area contributed by atoms with Crippen molar-refractivity contribution >= 4 is 11.7 Å². The van der Waals surface area contributed by atoms with E-state index in [1.165, 1.54) is 18.2 Å². The van der Waals surface area contributed by atoms with Gasteiger partial charge in [-0.15, -0.1) is 0 Å². The van der Waals surface area contributed by atoms with E-state index in [0.717, 1.165) is 5.75 Å². The molecule has 2 aromatic carbocycles. The first kappa shape index (κ1) is 15.7. The average Bonchev–Trinajstić information content (AvgIpc) is 3.04. The van der Waals surface area contributed by atoms with Gasteiger partial charge in [0.05, 0.1) is 12.2 Å². The van der Waals surface area contributed by atoms with Crippen molar-refractivity contribution in [1.29, 1.82) is 0 Å². The van der Waals surface area contributed by atoms with Gasteiger partial charge in [-0.3, -0.25) is 4.79 Å². The summed E-state index contributed by atoms with van der Waals surface area (Å²) in [5.74, 6) is -0.410. The summed E-state index contributed by atoms with van der Waals surface area (Å²) in [6, 6.07) is 12.8. The van der Waals surface area contributed by atoms with E-state index < -0.39 is 11.7 Å². The number of rotatable bonds is 5. The molecule has 0 saturated carbocycles. The quantitative estimate of drug-likeness (QED) is 0.776. The number of nitrogens with zero attached hydrogens (tertiary/aromatic N) is 2. The van der Waals surface area contributed by atoms with Crippen LogP contribution in [0.15, 0.2) is 53.2 Å². The Labute approximate surface area is 137 Å². The van der Waals surface area contributed by atoms with Gasteiger partial charge in [-0.25, -0.2) is 9.02 Å². The molecule has 0 saturated heterocycles. The van der Waals surface area contributed by atoms with E-state index in [1.54, 1.807) is 30.3 Å². The normalized spacial score (nSPS) is 10.4. The number of hydrogen-bond acceptors (Lipinski definition) is 5. The second-order valence-electron chi connectivity index (χ2n) is 4.85. The maximum Gasteiger partial charge on any atom is 0.259 e. The molecule has 6 nitrogen and oxygen atoms in total. The molecule has 0 fully saturated rings. The molecule has 0 spiro atoms. The molecule has 1 N–H and O–H groups in total. The van der Waals surface area contributed by atoms with Crippen molar-refractivity contribution in [3.8, 4) is 17.0 Å². The van der Waals surface area contributed by atoms with E-state index in [2.05, 4.69) is 15.6 Å². The van der Waals surface area contributed by atoms with Crippen LogP contribution in [0.25, 0.3) is 11.3 Å². The van der Waals surface area contributed by atoms with Crippen molar-refractivity contribution in [2.45, 2.75) is 6.92 Å². The lowest BCUT2D eigenvalue weighted by molar-refractivity contribution is 0.102. The molecule has 1 amide bonds. The van der Waals surface area contributed by atoms with Gasteiger partial charge in [-0.2, -0.15) is 0 Å². The molecule has 0 aliphatic rings. The van der Waals surface area contributed by atoms with Gasteiger partial charge in [-0.1, -0.05) is 12.1 Å². The molecule has 3 aromatic rings. The Morgan fingerprint density at radius 2 is 1.92 bits per heavy atom. The van der Waals surface area contributed by atoms with Crippen LogP contribution in [0, 0.1) is 5.82 Å². The third-order valence-electron chi connectivity index (χ3n) is 3.28. The summed E-state index contributed by atoms with van der Waals surface area (Å²) in [5.41, 5.74) is 0.949. The maximum atomic E-state index is 13.7. The number of anilines is 1. The topological polar surface area (TPSA) is 77.2 Å². The van der Waals surface area contributed by atoms with E-state index >= 15 is 0 Å². The Morgan fingerprint density at radius 1 is 1.17 bits per heavy atom. The molecule has 0 aliphatic carbocycles. The molecule has 0 bridgehead atoms. The van der Waals surface area contributed by atoms with Crippen LogP contribution < -0.4 is 10.1 Å². The number of halogens is 1. The van der Waals surface area contributed by atoms with Crippen molar-refractivity contribution in [1.82, 2.24) is 10.3 Å². The van der Waals surface area contributed by atoms with Gasteiger partial charge < -0.3 is 10.1 Å². The monoisotopic (exact) mass is 327 g/mol. The largest absolute Gasteiger partial charge is 0.494 e. The molecule has 7 heteroatoms. The number of benzene rings is 2. The predicted octanol–water partition coefficient (Wildman–Crippen LogP) is 3.53. The van der Waals surface area contributed by atoms with Gasteiger partial charge in [0.15, 0.2) is 5.69 Å². The highest BCUT2D eigenvalue weighted by atomic mass is 19.1. The van der Waals surface area contributed by atoms with Crippen molar-refractivity contribution in [2.24, 2.45) is 0 Å². The average molecular weight is 327 g/mol. The van der Waals surface area contributed by atoms with Crippen LogP contribution >= 0.6 is 0 Å². The maximum absolute atomic E-state index is 13.7. The number of nitrogens with one attached hydrogen (secondary N) is 1. The number of carbonyl (C=O) groups excluding carboxylic acids is 1. The van der Waals surface area contributed by atoms with Crippen molar-refractivity contribution < 1.29 is 18.6 Å². The third-order valence-corrected chi connectivity index (χ3v) is 3.28. The van der Waals surface area contributed by atoms with E-state index in [-0.39, 0.29) is 11.4 Å². The molecule has 1 aromatic heterocycles. The lowest BCUT2D eigenvalue weighted by Gasteiger charge is -2.05. The Balaban J connectivity index is 1.83. The lowest BCUT2D eigenvalue weighted by Crippen LogP contribution is -2.14. The number of amides is 1. The van der Waals surface area contributed by atoms with Gasteiger partial charge in [-0.05, 0) is 53.6 Å². The number of carbonyl (C=O) groups is 1. The van der Waals surface area contributed by atoms with E-state index in [1.807, 2.05) is 6.92 Å². The summed E-state index contributed by atoms with van der Waals surface area (Å²) in [6.45, 7) is 2.46. The van der Waals surface area contributed by atoms with Crippen LogP contribution in [-0.4, -0.2) is 22.8 Å². The Kier molecular flexibility index (Phi) is 4.51. The smallest absolute Gasteiger partial charge is 0.259 e. The second-order valence-corrected chi connectivity index (χ2v) is 4.85. The highest BCUT2D eigenvalue weighted by Gasteiger charge is 2.18. The Bertz CT molecular complexity index is 846. The molecule has 24 heavy (non-hydrogen) atoms. The fourth-order valence-electron chi connectivity index (χ4n) is 2.16. The standard InChI is InChI=1S/C17H14FN3O3/c1-2-23-12-9-7-11(8-10-12)15-16(21-24-20-15)19-17(22)13-5-3-4-6-14(13)18/h3-10H,2H2,1H3,(H,19,21,22). The van der Waals surface area contributed by atoms with E-state index in [4.69, 9.17) is 9.37 Å². The van der Waals surface area contributed by atoms with E-state index in [9.17, 15) is 9.18 Å². The summed E-state index contributed by atoms with van der Waals surface area (Å²) in [4.78, 5) is 12.2. The minimum atomic E-state index is -0.629. The second kappa shape index (κ2) is 6.91. The van der Waals surface area contributed by atoms with Gasteiger partial charge in [0.1, 0.15) is 11.6 Å². The zero-order valence-electron chi connectivity index (χ0n) is 12.8. The molecule has 3 rings (SSSR count). The third kappa shape index (κ3) is 3.24. The molecule has 1 heterocycles. The van der Waals surface area contributed by atoms with Crippen molar-refractivity contribution in [3.05, 3.63) is 59.9 Å². The number of ether oxygens (including phenoxy) is 1. The molecule has 0 atom stereocenters. The molecule has 0 unspecified atom stereocenters. The fourth-order valence-corrected chi connectivity index (χ4v) is 2.16. The summed E-state index contributed by atoms with van der Waals surface area (Å²) in [5, 5.41) is 9.98. The first-order valence-corrected chi connectivity index (χ1v) is 7.30. The highest BCUT2D eigenvalue weighted by molar-refractivity contribution is 6.05. The zero-order valence-corrected chi connectivity index (χ0v) is 12.8. The SMILES string of the molecule is CCOc1ccc(-c2nonc2NC(=O)c2ccccc2F)cc1. The zero-order chi connectivity index (χ0) is 16.9. The fraction of sp³-hybridized carbons (Fsp3) is 0.118. The van der Waals surface area contributed by atoms with Crippen molar-refractivity contribution in [3.63, 3.8) is 0 Å². The molecular weight excluding hydrogens is 313 g/mol. The van der Waals surface area contributed by atoms with Crippen LogP contribution in [0.4, 0.5) is 10.2 Å². The van der Waals surface area contributed by atoms with Gasteiger partial charge in [0.25, 0.3) is 5.91 Å². The first-order chi connectivity index (χ1) is 11.7. The predicted molar refractivity (Wildman–Crippen MR) is 85.3 cm³/mol. The Morgan fingerprint density at radius 3 is 2.62 bits per heavy atom. The van der Waals surface area contributed by atoms with Crippen LogP contribution in [0.1, 0.15) is 17.3 Å². The first-order valence-electron chi connectivity index (χ1n) is 7.30. The summed E-state index contributed by atoms with van der Waals surface area (Å²) < 4.78 is 23.8. The van der Waals surface area contributed by atoms with Crippen LogP contribution in [0.3, 0.4) is 0 Å². The number of aromatic nitrogens is 2. The Hall–Kier alpha value is -3.22. The molecule has 0 radical (unpaired) electrons. The number of hydrogen-bond donors (Lipinski definition) is 1. The molecule has 122 valence electrons. The summed E-state index contributed by atoms with van der Waals surface area (Å²) in [6.07, 6.45) is 0. The van der Waals surface area contributed by atoms with Gasteiger partial charge in [0, 0.05) is 5.56 Å². The van der Waals surface area contributed by atoms with E-state index in [0.29, 0.717) is 17.9 Å². The molecule has 0 aliphatic heterocycles. The lowest BCUT2D eigenvalue weighted by atomic mass is 10.1.